The van der Waals surface area contributed by atoms with E-state index in [9.17, 15) is 9.59 Å². The highest BCUT2D eigenvalue weighted by molar-refractivity contribution is 5.85. The van der Waals surface area contributed by atoms with Gasteiger partial charge in [0.15, 0.2) is 0 Å². The summed E-state index contributed by atoms with van der Waals surface area (Å²) in [6, 6.07) is 0.204. The molecular formula is C17H34ClN3O2. The van der Waals surface area contributed by atoms with Crippen molar-refractivity contribution >= 4 is 24.2 Å². The number of amides is 2. The minimum atomic E-state index is 0. The number of hydrogen-bond acceptors (Lipinski definition) is 3. The van der Waals surface area contributed by atoms with Gasteiger partial charge in [0.2, 0.25) is 11.8 Å². The van der Waals surface area contributed by atoms with E-state index in [4.69, 9.17) is 5.73 Å². The van der Waals surface area contributed by atoms with Crippen molar-refractivity contribution in [3.05, 3.63) is 0 Å². The number of nitrogens with zero attached hydrogens (tertiary/aromatic N) is 2. The topological polar surface area (TPSA) is 66.6 Å². The summed E-state index contributed by atoms with van der Waals surface area (Å²) in [5.74, 6) is 0.752. The van der Waals surface area contributed by atoms with Crippen LogP contribution >= 0.6 is 12.4 Å². The second-order valence-corrected chi connectivity index (χ2v) is 6.46. The molecule has 1 saturated heterocycles. The van der Waals surface area contributed by atoms with Crippen LogP contribution in [0.3, 0.4) is 0 Å². The van der Waals surface area contributed by atoms with Gasteiger partial charge in [0, 0.05) is 45.1 Å². The number of likely N-dealkylation sites (tertiary alicyclic amines) is 1. The monoisotopic (exact) mass is 347 g/mol. The van der Waals surface area contributed by atoms with Gasteiger partial charge in [0.05, 0.1) is 0 Å². The van der Waals surface area contributed by atoms with Crippen LogP contribution in [0.2, 0.25) is 0 Å². The molecule has 1 heterocycles. The highest BCUT2D eigenvalue weighted by atomic mass is 35.5. The molecule has 0 aromatic heterocycles. The Hall–Kier alpha value is -0.810. The average Bonchev–Trinajstić information content (AvgIpc) is 2.52. The lowest BCUT2D eigenvalue weighted by Crippen LogP contribution is -2.43. The number of rotatable bonds is 8. The lowest BCUT2D eigenvalue weighted by Gasteiger charge is -2.34. The first kappa shape index (κ1) is 22.2. The Labute approximate surface area is 147 Å². The van der Waals surface area contributed by atoms with Gasteiger partial charge in [-0.05, 0) is 38.5 Å². The molecule has 0 bridgehead atoms. The van der Waals surface area contributed by atoms with Crippen LogP contribution in [0.1, 0.15) is 59.3 Å². The zero-order chi connectivity index (χ0) is 16.5. The standard InChI is InChI=1S/C17H33N3O2.ClH/c1-4-10-19(11-5-2)16(21)6-7-17(22)20-12-8-15(9-13-20)14(3)18;/h14-15H,4-13,18H2,1-3H3;1H. The molecule has 5 nitrogen and oxygen atoms in total. The van der Waals surface area contributed by atoms with Crippen molar-refractivity contribution in [2.45, 2.75) is 65.3 Å². The van der Waals surface area contributed by atoms with Crippen LogP contribution in [0.15, 0.2) is 0 Å². The highest BCUT2D eigenvalue weighted by Gasteiger charge is 2.25. The van der Waals surface area contributed by atoms with Gasteiger partial charge < -0.3 is 15.5 Å². The summed E-state index contributed by atoms with van der Waals surface area (Å²) in [5.41, 5.74) is 5.92. The molecule has 6 heteroatoms. The molecule has 1 atom stereocenters. The number of halogens is 1. The second kappa shape index (κ2) is 11.7. The number of carbonyl (C=O) groups excluding carboxylic acids is 2. The fourth-order valence-corrected chi connectivity index (χ4v) is 3.11. The normalized spacial score (nSPS) is 16.6. The van der Waals surface area contributed by atoms with Crippen molar-refractivity contribution in [1.29, 1.82) is 0 Å². The molecule has 1 aliphatic heterocycles. The van der Waals surface area contributed by atoms with Gasteiger partial charge >= 0.3 is 0 Å². The van der Waals surface area contributed by atoms with Gasteiger partial charge in [-0.3, -0.25) is 9.59 Å². The molecule has 1 rings (SSSR count). The van der Waals surface area contributed by atoms with E-state index in [2.05, 4.69) is 13.8 Å². The molecule has 1 unspecified atom stereocenters. The van der Waals surface area contributed by atoms with Crippen molar-refractivity contribution in [1.82, 2.24) is 9.80 Å². The van der Waals surface area contributed by atoms with E-state index in [1.165, 1.54) is 0 Å². The maximum absolute atomic E-state index is 12.2. The molecule has 23 heavy (non-hydrogen) atoms. The zero-order valence-electron chi connectivity index (χ0n) is 14.9. The van der Waals surface area contributed by atoms with Crippen LogP contribution in [0, 0.1) is 5.92 Å². The van der Waals surface area contributed by atoms with Crippen LogP contribution in [0.5, 0.6) is 0 Å². The third-order valence-electron chi connectivity index (χ3n) is 4.53. The fraction of sp³-hybridized carbons (Fsp3) is 0.882. The van der Waals surface area contributed by atoms with Crippen LogP contribution in [-0.4, -0.2) is 53.8 Å². The van der Waals surface area contributed by atoms with E-state index in [0.29, 0.717) is 18.8 Å². The summed E-state index contributed by atoms with van der Waals surface area (Å²) in [6.07, 6.45) is 4.57. The largest absolute Gasteiger partial charge is 0.343 e. The molecule has 0 saturated carbocycles. The molecule has 2 N–H and O–H groups in total. The highest BCUT2D eigenvalue weighted by Crippen LogP contribution is 2.20. The van der Waals surface area contributed by atoms with Crippen molar-refractivity contribution in [2.75, 3.05) is 26.2 Å². The Balaban J connectivity index is 0.00000484. The molecule has 1 aliphatic rings. The predicted octanol–water partition coefficient (Wildman–Crippen LogP) is 2.42. The van der Waals surface area contributed by atoms with E-state index in [0.717, 1.165) is 51.9 Å². The summed E-state index contributed by atoms with van der Waals surface area (Å²) >= 11 is 0. The van der Waals surface area contributed by atoms with Gasteiger partial charge in [-0.2, -0.15) is 0 Å². The molecular weight excluding hydrogens is 314 g/mol. The Kier molecular flexibility index (Phi) is 11.3. The first-order chi connectivity index (χ1) is 10.5. The Morgan fingerprint density at radius 3 is 2.09 bits per heavy atom. The van der Waals surface area contributed by atoms with E-state index in [-0.39, 0.29) is 30.3 Å². The van der Waals surface area contributed by atoms with Gasteiger partial charge in [0.25, 0.3) is 0 Å². The van der Waals surface area contributed by atoms with Crippen molar-refractivity contribution in [2.24, 2.45) is 11.7 Å². The Bertz CT molecular complexity index is 350. The number of carbonyl (C=O) groups is 2. The zero-order valence-corrected chi connectivity index (χ0v) is 15.7. The molecule has 2 amide bonds. The first-order valence-electron chi connectivity index (χ1n) is 8.80. The van der Waals surface area contributed by atoms with E-state index >= 15 is 0 Å². The van der Waals surface area contributed by atoms with Crippen LogP contribution in [0.4, 0.5) is 0 Å². The van der Waals surface area contributed by atoms with Gasteiger partial charge in [-0.15, -0.1) is 12.4 Å². The lowest BCUT2D eigenvalue weighted by atomic mass is 9.91. The lowest BCUT2D eigenvalue weighted by molar-refractivity contribution is -0.137. The quantitative estimate of drug-likeness (QED) is 0.733. The van der Waals surface area contributed by atoms with E-state index < -0.39 is 0 Å². The number of hydrogen-bond donors (Lipinski definition) is 1. The van der Waals surface area contributed by atoms with Gasteiger partial charge in [-0.25, -0.2) is 0 Å². The average molecular weight is 348 g/mol. The van der Waals surface area contributed by atoms with Crippen molar-refractivity contribution < 1.29 is 9.59 Å². The minimum Gasteiger partial charge on any atom is -0.343 e. The molecule has 0 radical (unpaired) electrons. The number of piperidine rings is 1. The van der Waals surface area contributed by atoms with E-state index in [1.807, 2.05) is 16.7 Å². The first-order valence-corrected chi connectivity index (χ1v) is 8.80. The maximum Gasteiger partial charge on any atom is 0.223 e. The summed E-state index contributed by atoms with van der Waals surface area (Å²) in [6.45, 7) is 9.34. The summed E-state index contributed by atoms with van der Waals surface area (Å²) in [7, 11) is 0. The molecule has 0 aromatic rings. The second-order valence-electron chi connectivity index (χ2n) is 6.46. The summed E-state index contributed by atoms with van der Waals surface area (Å²) in [5, 5.41) is 0. The van der Waals surface area contributed by atoms with Crippen LogP contribution in [-0.2, 0) is 9.59 Å². The SMILES string of the molecule is CCCN(CCC)C(=O)CCC(=O)N1CCC(C(C)N)CC1.Cl. The summed E-state index contributed by atoms with van der Waals surface area (Å²) < 4.78 is 0. The van der Waals surface area contributed by atoms with Crippen molar-refractivity contribution in [3.63, 3.8) is 0 Å². The Morgan fingerprint density at radius 2 is 1.65 bits per heavy atom. The minimum absolute atomic E-state index is 0. The predicted molar refractivity (Wildman–Crippen MR) is 96.6 cm³/mol. The van der Waals surface area contributed by atoms with E-state index in [1.54, 1.807) is 0 Å². The molecule has 136 valence electrons. The maximum atomic E-state index is 12.2. The third kappa shape index (κ3) is 7.53. The van der Waals surface area contributed by atoms with Gasteiger partial charge in [-0.1, -0.05) is 13.8 Å². The smallest absolute Gasteiger partial charge is 0.223 e. The third-order valence-corrected chi connectivity index (χ3v) is 4.53. The van der Waals surface area contributed by atoms with Crippen LogP contribution in [0.25, 0.3) is 0 Å². The molecule has 0 aliphatic carbocycles. The molecule has 1 fully saturated rings. The Morgan fingerprint density at radius 1 is 1.13 bits per heavy atom. The molecule has 0 spiro atoms. The van der Waals surface area contributed by atoms with Gasteiger partial charge in [0.1, 0.15) is 0 Å². The molecule has 0 aromatic carbocycles. The van der Waals surface area contributed by atoms with Crippen LogP contribution < -0.4 is 5.73 Å². The fourth-order valence-electron chi connectivity index (χ4n) is 3.11. The summed E-state index contributed by atoms with van der Waals surface area (Å²) in [4.78, 5) is 28.2. The van der Waals surface area contributed by atoms with Crippen molar-refractivity contribution in [3.8, 4) is 0 Å². The number of nitrogens with two attached hydrogens (primary N) is 1.